The van der Waals surface area contributed by atoms with Crippen LogP contribution >= 0.6 is 0 Å². The van der Waals surface area contributed by atoms with Gasteiger partial charge >= 0.3 is 12.1 Å². The molecule has 1 unspecified atom stereocenters. The van der Waals surface area contributed by atoms with Crippen molar-refractivity contribution < 1.29 is 24.2 Å². The third-order valence-corrected chi connectivity index (χ3v) is 3.63. The molecule has 0 bridgehead atoms. The molecule has 120 valence electrons. The topological polar surface area (TPSA) is 76.1 Å². The van der Waals surface area contributed by atoms with E-state index in [4.69, 9.17) is 9.47 Å². The van der Waals surface area contributed by atoms with Crippen LogP contribution in [0.25, 0.3) is 0 Å². The van der Waals surface area contributed by atoms with Crippen molar-refractivity contribution in [1.82, 2.24) is 4.90 Å². The number of ether oxygens (including phenoxy) is 2. The van der Waals surface area contributed by atoms with Gasteiger partial charge in [-0.3, -0.25) is 4.90 Å². The number of hydrogen-bond acceptors (Lipinski definition) is 4. The first-order valence-corrected chi connectivity index (χ1v) is 7.05. The van der Waals surface area contributed by atoms with Crippen LogP contribution < -0.4 is 0 Å². The van der Waals surface area contributed by atoms with Crippen molar-refractivity contribution >= 4 is 12.1 Å². The molecule has 0 fully saturated rings. The number of fused-ring (bicyclic) bond motifs is 1. The molecular formula is C16H21NO5. The fourth-order valence-corrected chi connectivity index (χ4v) is 2.52. The minimum Gasteiger partial charge on any atom is -0.479 e. The fraction of sp³-hybridized carbons (Fsp3) is 0.500. The predicted octanol–water partition coefficient (Wildman–Crippen LogP) is 2.36. The Morgan fingerprint density at radius 1 is 1.32 bits per heavy atom. The van der Waals surface area contributed by atoms with Gasteiger partial charge in [0.15, 0.2) is 5.54 Å². The van der Waals surface area contributed by atoms with Gasteiger partial charge in [-0.2, -0.15) is 0 Å². The minimum atomic E-state index is -1.59. The second-order valence-corrected chi connectivity index (χ2v) is 6.35. The predicted molar refractivity (Wildman–Crippen MR) is 79.4 cm³/mol. The molecule has 22 heavy (non-hydrogen) atoms. The molecule has 1 aromatic carbocycles. The van der Waals surface area contributed by atoms with Crippen LogP contribution in [0.1, 0.15) is 31.9 Å². The minimum absolute atomic E-state index is 0.116. The van der Waals surface area contributed by atoms with Crippen molar-refractivity contribution in [3.05, 3.63) is 35.4 Å². The third-order valence-electron chi connectivity index (χ3n) is 3.63. The number of benzene rings is 1. The van der Waals surface area contributed by atoms with Crippen LogP contribution in [0, 0.1) is 0 Å². The molecule has 0 saturated heterocycles. The first kappa shape index (κ1) is 16.3. The van der Waals surface area contributed by atoms with Crippen LogP contribution in [0.3, 0.4) is 0 Å². The largest absolute Gasteiger partial charge is 0.479 e. The van der Waals surface area contributed by atoms with E-state index in [-0.39, 0.29) is 6.61 Å². The zero-order valence-corrected chi connectivity index (χ0v) is 13.3. The smallest absolute Gasteiger partial charge is 0.411 e. The van der Waals surface area contributed by atoms with Crippen LogP contribution in [0.15, 0.2) is 24.3 Å². The molecule has 1 heterocycles. The lowest BCUT2D eigenvalue weighted by Gasteiger charge is -2.42. The van der Waals surface area contributed by atoms with Crippen molar-refractivity contribution in [3.8, 4) is 0 Å². The summed E-state index contributed by atoms with van der Waals surface area (Å²) in [4.78, 5) is 25.5. The van der Waals surface area contributed by atoms with Crippen molar-refractivity contribution in [3.63, 3.8) is 0 Å². The van der Waals surface area contributed by atoms with Gasteiger partial charge in [0.1, 0.15) is 5.60 Å². The zero-order valence-electron chi connectivity index (χ0n) is 13.3. The molecule has 2 rings (SSSR count). The Morgan fingerprint density at radius 2 is 1.95 bits per heavy atom. The number of carbonyl (C=O) groups excluding carboxylic acids is 1. The summed E-state index contributed by atoms with van der Waals surface area (Å²) >= 11 is 0. The first-order chi connectivity index (χ1) is 10.2. The summed E-state index contributed by atoms with van der Waals surface area (Å²) in [6.07, 6.45) is -0.699. The molecule has 0 radical (unpaired) electrons. The normalized spacial score (nSPS) is 20.9. The Balaban J connectivity index is 2.47. The summed E-state index contributed by atoms with van der Waals surface area (Å²) in [6, 6.07) is 7.08. The number of rotatable bonds is 2. The number of carboxylic acids is 1. The zero-order chi connectivity index (χ0) is 16.5. The Labute approximate surface area is 129 Å². The first-order valence-electron chi connectivity index (χ1n) is 7.05. The number of amides is 1. The van der Waals surface area contributed by atoms with Crippen molar-refractivity contribution in [2.75, 3.05) is 13.7 Å². The summed E-state index contributed by atoms with van der Waals surface area (Å²) < 4.78 is 10.8. The maximum Gasteiger partial charge on any atom is 0.411 e. The summed E-state index contributed by atoms with van der Waals surface area (Å²) in [5.74, 6) is -1.15. The molecule has 0 aliphatic carbocycles. The van der Waals surface area contributed by atoms with Crippen LogP contribution in [0.5, 0.6) is 0 Å². The summed E-state index contributed by atoms with van der Waals surface area (Å²) in [5, 5.41) is 9.82. The highest BCUT2D eigenvalue weighted by atomic mass is 16.6. The standard InChI is InChI=1S/C16H21NO5/c1-15(2,3)22-14(20)17(4)16(13(18)19)10-21-9-11-7-5-6-8-12(11)16/h5-8H,9-10H2,1-4H3,(H,18,19). The van der Waals surface area contributed by atoms with E-state index in [1.807, 2.05) is 6.07 Å². The quantitative estimate of drug-likeness (QED) is 0.907. The number of hydrogen-bond donors (Lipinski definition) is 1. The van der Waals surface area contributed by atoms with Crippen molar-refractivity contribution in [2.24, 2.45) is 0 Å². The second kappa shape index (κ2) is 5.61. The van der Waals surface area contributed by atoms with Crippen LogP contribution in [0.2, 0.25) is 0 Å². The van der Waals surface area contributed by atoms with Gasteiger partial charge in [-0.15, -0.1) is 0 Å². The lowest BCUT2D eigenvalue weighted by atomic mass is 9.84. The Hall–Kier alpha value is -2.08. The maximum absolute atomic E-state index is 12.4. The van der Waals surface area contributed by atoms with E-state index in [1.165, 1.54) is 7.05 Å². The highest BCUT2D eigenvalue weighted by Crippen LogP contribution is 2.36. The second-order valence-electron chi connectivity index (χ2n) is 6.35. The Morgan fingerprint density at radius 3 is 2.55 bits per heavy atom. The molecule has 1 atom stereocenters. The number of likely N-dealkylation sites (N-methyl/N-ethyl adjacent to an activating group) is 1. The van der Waals surface area contributed by atoms with Gasteiger partial charge in [0, 0.05) is 7.05 Å². The number of carboxylic acid groups (broad SMARTS) is 1. The molecule has 0 spiro atoms. The molecular weight excluding hydrogens is 286 g/mol. The monoisotopic (exact) mass is 307 g/mol. The van der Waals surface area contributed by atoms with E-state index in [0.29, 0.717) is 12.2 Å². The van der Waals surface area contributed by atoms with E-state index >= 15 is 0 Å². The van der Waals surface area contributed by atoms with E-state index < -0.39 is 23.2 Å². The van der Waals surface area contributed by atoms with Gasteiger partial charge in [-0.25, -0.2) is 9.59 Å². The van der Waals surface area contributed by atoms with Crippen LogP contribution in [-0.4, -0.2) is 41.3 Å². The molecule has 1 aliphatic rings. The summed E-state index contributed by atoms with van der Waals surface area (Å²) in [6.45, 7) is 5.41. The molecule has 1 amide bonds. The number of carbonyl (C=O) groups is 2. The molecule has 6 nitrogen and oxygen atoms in total. The lowest BCUT2D eigenvalue weighted by molar-refractivity contribution is -0.158. The van der Waals surface area contributed by atoms with Gasteiger partial charge in [0.05, 0.1) is 13.2 Å². The lowest BCUT2D eigenvalue weighted by Crippen LogP contribution is -2.58. The molecule has 1 N–H and O–H groups in total. The van der Waals surface area contributed by atoms with Gasteiger partial charge in [-0.05, 0) is 31.9 Å². The Kier molecular flexibility index (Phi) is 4.15. The highest BCUT2D eigenvalue weighted by Gasteiger charge is 2.51. The summed E-state index contributed by atoms with van der Waals surface area (Å²) in [7, 11) is 1.42. The van der Waals surface area contributed by atoms with Gasteiger partial charge in [0.2, 0.25) is 0 Å². The fourth-order valence-electron chi connectivity index (χ4n) is 2.52. The average Bonchev–Trinajstić information content (AvgIpc) is 2.43. The number of nitrogens with zero attached hydrogens (tertiary/aromatic N) is 1. The van der Waals surface area contributed by atoms with Gasteiger partial charge in [0.25, 0.3) is 0 Å². The highest BCUT2D eigenvalue weighted by molar-refractivity contribution is 5.86. The summed E-state index contributed by atoms with van der Waals surface area (Å²) in [5.41, 5.74) is -0.981. The maximum atomic E-state index is 12.4. The molecule has 1 aliphatic heterocycles. The Bertz CT molecular complexity index is 592. The SMILES string of the molecule is CN(C(=O)OC(C)(C)C)C1(C(=O)O)COCc2ccccc21. The third kappa shape index (κ3) is 2.78. The van der Waals surface area contributed by atoms with Crippen molar-refractivity contribution in [1.29, 1.82) is 0 Å². The van der Waals surface area contributed by atoms with E-state index in [1.54, 1.807) is 39.0 Å². The van der Waals surface area contributed by atoms with Crippen molar-refractivity contribution in [2.45, 2.75) is 38.5 Å². The van der Waals surface area contributed by atoms with E-state index in [2.05, 4.69) is 0 Å². The molecule has 0 saturated carbocycles. The van der Waals surface area contributed by atoms with Gasteiger partial charge in [-0.1, -0.05) is 24.3 Å². The molecule has 0 aromatic heterocycles. The molecule has 1 aromatic rings. The van der Waals surface area contributed by atoms with E-state index in [9.17, 15) is 14.7 Å². The average molecular weight is 307 g/mol. The van der Waals surface area contributed by atoms with E-state index in [0.717, 1.165) is 10.5 Å². The number of aliphatic carboxylic acids is 1. The van der Waals surface area contributed by atoms with Gasteiger partial charge < -0.3 is 14.6 Å². The van der Waals surface area contributed by atoms with Crippen LogP contribution in [-0.2, 0) is 26.4 Å². The molecule has 6 heteroatoms. The van der Waals surface area contributed by atoms with Crippen LogP contribution in [0.4, 0.5) is 4.79 Å².